The van der Waals surface area contributed by atoms with Crippen LogP contribution in [0, 0.1) is 11.3 Å². The molecule has 0 bridgehead atoms. The monoisotopic (exact) mass is 276 g/mol. The van der Waals surface area contributed by atoms with Crippen LogP contribution in [0.1, 0.15) is 42.5 Å². The molecule has 0 aliphatic heterocycles. The minimum Gasteiger partial charge on any atom is -0.323 e. The molecule has 0 heterocycles. The number of hydrogen-bond donors (Lipinski definition) is 0. The molecule has 3 nitrogen and oxygen atoms in total. The summed E-state index contributed by atoms with van der Waals surface area (Å²) in [6.07, 6.45) is 4.68. The molecule has 1 aliphatic rings. The van der Waals surface area contributed by atoms with Crippen molar-refractivity contribution in [3.05, 3.63) is 34.9 Å². The molecule has 1 fully saturated rings. The third-order valence-electron chi connectivity index (χ3n) is 3.93. The molecular formula is C15H17ClN2O. The quantitative estimate of drug-likeness (QED) is 0.828. The van der Waals surface area contributed by atoms with Crippen LogP contribution in [-0.2, 0) is 0 Å². The molecule has 0 atom stereocenters. The van der Waals surface area contributed by atoms with E-state index in [2.05, 4.69) is 6.07 Å². The number of carbonyl (C=O) groups is 1. The van der Waals surface area contributed by atoms with E-state index < -0.39 is 5.54 Å². The van der Waals surface area contributed by atoms with Crippen LogP contribution in [0.5, 0.6) is 0 Å². The topological polar surface area (TPSA) is 44.1 Å². The van der Waals surface area contributed by atoms with Crippen LogP contribution in [0.2, 0.25) is 5.02 Å². The van der Waals surface area contributed by atoms with Crippen LogP contribution in [-0.4, -0.2) is 23.4 Å². The Kier molecular flexibility index (Phi) is 4.11. The van der Waals surface area contributed by atoms with E-state index in [1.165, 1.54) is 0 Å². The van der Waals surface area contributed by atoms with Gasteiger partial charge in [0.15, 0.2) is 0 Å². The van der Waals surface area contributed by atoms with Crippen molar-refractivity contribution >= 4 is 17.5 Å². The van der Waals surface area contributed by atoms with E-state index in [0.29, 0.717) is 10.6 Å². The average Bonchev–Trinajstić information content (AvgIpc) is 2.47. The lowest BCUT2D eigenvalue weighted by atomic mass is 9.81. The highest BCUT2D eigenvalue weighted by molar-refractivity contribution is 6.30. The van der Waals surface area contributed by atoms with E-state index >= 15 is 0 Å². The standard InChI is InChI=1S/C15H17ClN2O/c1-18(15(11-17)9-3-2-4-10-15)14(19)12-5-7-13(16)8-6-12/h5-8H,2-4,9-10H2,1H3. The number of hydrogen-bond acceptors (Lipinski definition) is 2. The van der Waals surface area contributed by atoms with Crippen molar-refractivity contribution in [2.45, 2.75) is 37.6 Å². The van der Waals surface area contributed by atoms with Gasteiger partial charge in [0.05, 0.1) is 6.07 Å². The van der Waals surface area contributed by atoms with Gasteiger partial charge in [-0.25, -0.2) is 0 Å². The Balaban J connectivity index is 2.22. The first-order valence-electron chi connectivity index (χ1n) is 6.54. The molecule has 100 valence electrons. The largest absolute Gasteiger partial charge is 0.323 e. The maximum atomic E-state index is 12.5. The first-order valence-corrected chi connectivity index (χ1v) is 6.92. The van der Waals surface area contributed by atoms with Crippen molar-refractivity contribution in [3.63, 3.8) is 0 Å². The molecule has 0 unspecified atom stereocenters. The van der Waals surface area contributed by atoms with Gasteiger partial charge in [0.25, 0.3) is 5.91 Å². The number of amides is 1. The Morgan fingerprint density at radius 1 is 1.26 bits per heavy atom. The van der Waals surface area contributed by atoms with Crippen LogP contribution in [0.15, 0.2) is 24.3 Å². The van der Waals surface area contributed by atoms with E-state index in [9.17, 15) is 10.1 Å². The highest BCUT2D eigenvalue weighted by Crippen LogP contribution is 2.33. The maximum absolute atomic E-state index is 12.5. The number of nitrogens with zero attached hydrogens (tertiary/aromatic N) is 2. The van der Waals surface area contributed by atoms with Crippen molar-refractivity contribution in [1.29, 1.82) is 5.26 Å². The van der Waals surface area contributed by atoms with Crippen molar-refractivity contribution in [2.24, 2.45) is 0 Å². The Morgan fingerprint density at radius 3 is 2.37 bits per heavy atom. The van der Waals surface area contributed by atoms with E-state index in [-0.39, 0.29) is 5.91 Å². The molecule has 4 heteroatoms. The molecule has 1 aromatic carbocycles. The average molecular weight is 277 g/mol. The molecular weight excluding hydrogens is 260 g/mol. The van der Waals surface area contributed by atoms with Gasteiger partial charge in [-0.05, 0) is 37.1 Å². The highest BCUT2D eigenvalue weighted by Gasteiger charge is 2.39. The SMILES string of the molecule is CN(C(=O)c1ccc(Cl)cc1)C1(C#N)CCCCC1. The Hall–Kier alpha value is -1.53. The van der Waals surface area contributed by atoms with Gasteiger partial charge in [-0.3, -0.25) is 4.79 Å². The lowest BCUT2D eigenvalue weighted by molar-refractivity contribution is 0.0589. The van der Waals surface area contributed by atoms with E-state index in [4.69, 9.17) is 11.6 Å². The van der Waals surface area contributed by atoms with E-state index in [1.807, 2.05) is 0 Å². The van der Waals surface area contributed by atoms with Gasteiger partial charge in [-0.1, -0.05) is 30.9 Å². The van der Waals surface area contributed by atoms with Gasteiger partial charge in [0.2, 0.25) is 0 Å². The summed E-state index contributed by atoms with van der Waals surface area (Å²) >= 11 is 5.82. The van der Waals surface area contributed by atoms with Gasteiger partial charge in [-0.15, -0.1) is 0 Å². The molecule has 2 rings (SSSR count). The number of halogens is 1. The predicted octanol–water partition coefficient (Wildman–Crippen LogP) is 3.64. The number of benzene rings is 1. The molecule has 19 heavy (non-hydrogen) atoms. The normalized spacial score (nSPS) is 17.5. The lowest BCUT2D eigenvalue weighted by Gasteiger charge is -2.39. The molecule has 1 aliphatic carbocycles. The summed E-state index contributed by atoms with van der Waals surface area (Å²) in [6.45, 7) is 0. The smallest absolute Gasteiger partial charge is 0.254 e. The Bertz CT molecular complexity index is 498. The van der Waals surface area contributed by atoms with Crippen LogP contribution in [0.4, 0.5) is 0 Å². The van der Waals surface area contributed by atoms with Crippen LogP contribution in [0.25, 0.3) is 0 Å². The maximum Gasteiger partial charge on any atom is 0.254 e. The van der Waals surface area contributed by atoms with E-state index in [1.54, 1.807) is 36.2 Å². The summed E-state index contributed by atoms with van der Waals surface area (Å²) in [5.41, 5.74) is -0.0679. The molecule has 1 aromatic rings. The van der Waals surface area contributed by atoms with Crippen molar-refractivity contribution in [2.75, 3.05) is 7.05 Å². The molecule has 0 N–H and O–H groups in total. The predicted molar refractivity (Wildman–Crippen MR) is 75.0 cm³/mol. The molecule has 0 spiro atoms. The number of rotatable bonds is 2. The zero-order chi connectivity index (χ0) is 13.9. The lowest BCUT2D eigenvalue weighted by Crippen LogP contribution is -2.49. The van der Waals surface area contributed by atoms with Gasteiger partial charge >= 0.3 is 0 Å². The fourth-order valence-corrected chi connectivity index (χ4v) is 2.77. The van der Waals surface area contributed by atoms with Gasteiger partial charge in [0, 0.05) is 17.6 Å². The fraction of sp³-hybridized carbons (Fsp3) is 0.467. The summed E-state index contributed by atoms with van der Waals surface area (Å²) < 4.78 is 0. The molecule has 1 saturated carbocycles. The third-order valence-corrected chi connectivity index (χ3v) is 4.18. The van der Waals surface area contributed by atoms with Gasteiger partial charge in [-0.2, -0.15) is 5.26 Å². The summed E-state index contributed by atoms with van der Waals surface area (Å²) in [7, 11) is 1.73. The first kappa shape index (κ1) is 13.9. The molecule has 0 aromatic heterocycles. The van der Waals surface area contributed by atoms with Gasteiger partial charge < -0.3 is 4.90 Å². The fourth-order valence-electron chi connectivity index (χ4n) is 2.64. The van der Waals surface area contributed by atoms with Crippen LogP contribution < -0.4 is 0 Å². The van der Waals surface area contributed by atoms with Crippen molar-refractivity contribution in [3.8, 4) is 6.07 Å². The zero-order valence-corrected chi connectivity index (χ0v) is 11.8. The second kappa shape index (κ2) is 5.63. The summed E-state index contributed by atoms with van der Waals surface area (Å²) in [5.74, 6) is -0.111. The first-order chi connectivity index (χ1) is 9.09. The summed E-state index contributed by atoms with van der Waals surface area (Å²) in [6, 6.07) is 9.16. The van der Waals surface area contributed by atoms with Crippen LogP contribution >= 0.6 is 11.6 Å². The number of carbonyl (C=O) groups excluding carboxylic acids is 1. The minimum absolute atomic E-state index is 0.111. The second-order valence-electron chi connectivity index (χ2n) is 5.08. The highest BCUT2D eigenvalue weighted by atomic mass is 35.5. The summed E-state index contributed by atoms with van der Waals surface area (Å²) in [4.78, 5) is 14.1. The molecule has 1 amide bonds. The number of nitriles is 1. The Morgan fingerprint density at radius 2 is 1.84 bits per heavy atom. The van der Waals surface area contributed by atoms with E-state index in [0.717, 1.165) is 32.1 Å². The molecule has 0 radical (unpaired) electrons. The summed E-state index contributed by atoms with van der Waals surface area (Å²) in [5, 5.41) is 10.1. The van der Waals surface area contributed by atoms with Crippen molar-refractivity contribution < 1.29 is 4.79 Å². The Labute approximate surface area is 118 Å². The van der Waals surface area contributed by atoms with Crippen LogP contribution in [0.3, 0.4) is 0 Å². The third kappa shape index (κ3) is 2.74. The van der Waals surface area contributed by atoms with Crippen molar-refractivity contribution in [1.82, 2.24) is 4.90 Å². The zero-order valence-electron chi connectivity index (χ0n) is 11.0. The second-order valence-corrected chi connectivity index (χ2v) is 5.51. The minimum atomic E-state index is -0.644. The molecule has 0 saturated heterocycles. The van der Waals surface area contributed by atoms with Gasteiger partial charge in [0.1, 0.15) is 5.54 Å².